The number of nitrogens with two attached hydrogens (primary N) is 2. The molecule has 1 saturated carbocycles. The van der Waals surface area contributed by atoms with Crippen molar-refractivity contribution >= 4 is 46.2 Å². The Labute approximate surface area is 198 Å². The summed E-state index contributed by atoms with van der Waals surface area (Å²) in [5.74, 6) is -8.49. The van der Waals surface area contributed by atoms with Crippen molar-refractivity contribution < 1.29 is 39.9 Å². The predicted molar refractivity (Wildman–Crippen MR) is 121 cm³/mol. The lowest BCUT2D eigenvalue weighted by molar-refractivity contribution is -0.152. The second-order valence-electron chi connectivity index (χ2n) is 9.27. The number of aromatic hydroxyl groups is 1. The number of aliphatic hydroxyl groups is 4. The van der Waals surface area contributed by atoms with E-state index in [0.29, 0.717) is 0 Å². The third kappa shape index (κ3) is 2.68. The number of anilines is 2. The van der Waals surface area contributed by atoms with Crippen LogP contribution in [-0.2, 0) is 20.0 Å². The Kier molecular flexibility index (Phi) is 4.99. The van der Waals surface area contributed by atoms with Crippen LogP contribution in [0.25, 0.3) is 5.76 Å². The number of nitrogen functional groups attached to an aromatic ring is 1. The first-order valence-corrected chi connectivity index (χ1v) is 10.7. The van der Waals surface area contributed by atoms with Crippen LogP contribution in [-0.4, -0.2) is 62.7 Å². The molecule has 3 aliphatic carbocycles. The minimum absolute atomic E-state index is 0.00147. The predicted octanol–water partition coefficient (Wildman–Crippen LogP) is 0.390. The molecule has 0 heterocycles. The van der Waals surface area contributed by atoms with E-state index in [0.717, 1.165) is 0 Å². The number of nitrogens with zero attached hydrogens (tertiary/aromatic N) is 1. The van der Waals surface area contributed by atoms with Crippen LogP contribution in [0, 0.1) is 11.8 Å². The van der Waals surface area contributed by atoms with Gasteiger partial charge in [0.1, 0.15) is 17.1 Å². The van der Waals surface area contributed by atoms with Crippen LogP contribution in [0.1, 0.15) is 30.9 Å². The number of phenolic OH excluding ortho intramolecular Hbond substituents is 1. The van der Waals surface area contributed by atoms with E-state index in [4.69, 9.17) is 23.1 Å². The molecular formula is C22H24ClN3O8. The fourth-order valence-electron chi connectivity index (χ4n) is 5.50. The van der Waals surface area contributed by atoms with Gasteiger partial charge in [-0.25, -0.2) is 0 Å². The van der Waals surface area contributed by atoms with Crippen molar-refractivity contribution in [1.82, 2.24) is 0 Å². The molecule has 1 unspecified atom stereocenters. The molecule has 0 aliphatic heterocycles. The highest BCUT2D eigenvalue weighted by Gasteiger charge is 2.64. The van der Waals surface area contributed by atoms with Crippen molar-refractivity contribution in [3.05, 3.63) is 33.1 Å². The molecule has 9 N–H and O–H groups in total. The summed E-state index contributed by atoms with van der Waals surface area (Å²) in [7, 11) is 3.20. The summed E-state index contributed by atoms with van der Waals surface area (Å²) >= 11 is 6.36. The number of aliphatic hydroxyl groups excluding tert-OH is 2. The summed E-state index contributed by atoms with van der Waals surface area (Å²) in [6, 6.07) is 0. The Bertz CT molecular complexity index is 1270. The number of amides is 1. The largest absolute Gasteiger partial charge is 0.508 e. The van der Waals surface area contributed by atoms with Gasteiger partial charge < -0.3 is 41.9 Å². The maximum Gasteiger partial charge on any atom is 0.255 e. The Morgan fingerprint density at radius 2 is 1.76 bits per heavy atom. The maximum absolute atomic E-state index is 13.6. The van der Waals surface area contributed by atoms with E-state index in [1.807, 2.05) is 0 Å². The molecule has 34 heavy (non-hydrogen) atoms. The number of primary amides is 1. The lowest BCUT2D eigenvalue weighted by Crippen LogP contribution is -2.60. The molecular weight excluding hydrogens is 470 g/mol. The van der Waals surface area contributed by atoms with Gasteiger partial charge in [-0.3, -0.25) is 14.4 Å². The molecule has 1 aromatic rings. The van der Waals surface area contributed by atoms with E-state index in [-0.39, 0.29) is 33.9 Å². The van der Waals surface area contributed by atoms with Gasteiger partial charge in [-0.2, -0.15) is 0 Å². The highest BCUT2D eigenvalue weighted by molar-refractivity contribution is 6.36. The first-order valence-electron chi connectivity index (χ1n) is 10.3. The first-order chi connectivity index (χ1) is 15.6. The SMILES string of the molecule is CN(C)c1c(Cl)c(N)c(O)c2c1C(C)(O)[C@H]1C[C@H]3CC(=O)C(C(N)=O)=C(O)[C@@]3(O)C(=O)C1=C2O. The second kappa shape index (κ2) is 7.11. The summed E-state index contributed by atoms with van der Waals surface area (Å²) in [5.41, 5.74) is 4.52. The lowest BCUT2D eigenvalue weighted by atomic mass is 9.55. The number of rotatable bonds is 2. The number of phenols is 1. The molecule has 1 aromatic carbocycles. The van der Waals surface area contributed by atoms with E-state index >= 15 is 0 Å². The molecule has 0 spiro atoms. The third-order valence-corrected chi connectivity index (χ3v) is 7.53. The second-order valence-corrected chi connectivity index (χ2v) is 9.65. The summed E-state index contributed by atoms with van der Waals surface area (Å²) in [6.45, 7) is 1.34. The van der Waals surface area contributed by atoms with E-state index < -0.39 is 75.3 Å². The number of ketones is 2. The Morgan fingerprint density at radius 1 is 1.18 bits per heavy atom. The number of fused-ring (bicyclic) bond motifs is 3. The van der Waals surface area contributed by atoms with Crippen molar-refractivity contribution in [2.45, 2.75) is 31.0 Å². The van der Waals surface area contributed by atoms with Crippen LogP contribution in [0.2, 0.25) is 5.02 Å². The van der Waals surface area contributed by atoms with Gasteiger partial charge in [0, 0.05) is 43.5 Å². The van der Waals surface area contributed by atoms with Crippen molar-refractivity contribution in [2.24, 2.45) is 17.6 Å². The average molecular weight is 494 g/mol. The van der Waals surface area contributed by atoms with Gasteiger partial charge >= 0.3 is 0 Å². The number of Topliss-reactive ketones (excluding diaryl/α,β-unsaturated/α-hetero) is 2. The summed E-state index contributed by atoms with van der Waals surface area (Å²) in [5, 5.41) is 55.5. The van der Waals surface area contributed by atoms with Gasteiger partial charge in [0.2, 0.25) is 5.78 Å². The smallest absolute Gasteiger partial charge is 0.255 e. The van der Waals surface area contributed by atoms with Crippen LogP contribution in [0.5, 0.6) is 5.75 Å². The van der Waals surface area contributed by atoms with Gasteiger partial charge in [0.05, 0.1) is 27.6 Å². The fourth-order valence-corrected chi connectivity index (χ4v) is 5.86. The Hall–Kier alpha value is -3.28. The molecule has 4 atom stereocenters. The Balaban J connectivity index is 2.09. The molecule has 1 amide bonds. The molecule has 0 aromatic heterocycles. The van der Waals surface area contributed by atoms with Crippen LogP contribution in [0.3, 0.4) is 0 Å². The monoisotopic (exact) mass is 493 g/mol. The maximum atomic E-state index is 13.6. The summed E-state index contributed by atoms with van der Waals surface area (Å²) < 4.78 is 0. The molecule has 0 radical (unpaired) electrons. The van der Waals surface area contributed by atoms with Gasteiger partial charge in [-0.15, -0.1) is 0 Å². The van der Waals surface area contributed by atoms with Gasteiger partial charge in [0.15, 0.2) is 17.1 Å². The minimum Gasteiger partial charge on any atom is -0.508 e. The zero-order valence-electron chi connectivity index (χ0n) is 18.5. The van der Waals surface area contributed by atoms with Gasteiger partial charge in [-0.05, 0) is 13.3 Å². The lowest BCUT2D eigenvalue weighted by Gasteiger charge is -2.50. The zero-order valence-corrected chi connectivity index (χ0v) is 19.3. The molecule has 182 valence electrons. The standard InChI is InChI=1S/C22H24ClN3O8/c1-21(33)7-4-6-5-8(27)10(20(25)32)19(31)22(6,34)18(30)9(7)16(28)11-12(21)15(26(2)3)13(23)14(24)17(11)29/h6-7,28-29,31,33-34H,4-5,24H2,1-3H3,(H2,25,32)/t6-,7-,21?,22-/m0/s1. The summed E-state index contributed by atoms with van der Waals surface area (Å²) in [6.07, 6.45) is -0.752. The topological polar surface area (TPSA) is 208 Å². The number of halogens is 1. The van der Waals surface area contributed by atoms with E-state index in [1.165, 1.54) is 11.8 Å². The summed E-state index contributed by atoms with van der Waals surface area (Å²) in [4.78, 5) is 39.3. The fraction of sp³-hybridized carbons (Fsp3) is 0.409. The Morgan fingerprint density at radius 3 is 2.29 bits per heavy atom. The van der Waals surface area contributed by atoms with Crippen molar-refractivity contribution in [1.29, 1.82) is 0 Å². The van der Waals surface area contributed by atoms with Gasteiger partial charge in [0.25, 0.3) is 5.91 Å². The third-order valence-electron chi connectivity index (χ3n) is 7.15. The molecule has 4 rings (SSSR count). The van der Waals surface area contributed by atoms with Crippen molar-refractivity contribution in [3.8, 4) is 5.75 Å². The van der Waals surface area contributed by atoms with E-state index in [2.05, 4.69) is 0 Å². The number of hydrogen-bond donors (Lipinski definition) is 7. The highest BCUT2D eigenvalue weighted by atomic mass is 35.5. The van der Waals surface area contributed by atoms with Crippen molar-refractivity contribution in [3.63, 3.8) is 0 Å². The zero-order chi connectivity index (χ0) is 25.7. The number of carbonyl (C=O) groups is 3. The normalized spacial score (nSPS) is 30.6. The molecule has 0 saturated heterocycles. The van der Waals surface area contributed by atoms with Gasteiger partial charge in [-0.1, -0.05) is 11.6 Å². The van der Waals surface area contributed by atoms with Crippen molar-refractivity contribution in [2.75, 3.05) is 24.7 Å². The molecule has 12 heteroatoms. The molecule has 3 aliphatic rings. The molecule has 0 bridgehead atoms. The van der Waals surface area contributed by atoms with Crippen LogP contribution >= 0.6 is 11.6 Å². The first kappa shape index (κ1) is 23.9. The van der Waals surface area contributed by atoms with Crippen LogP contribution in [0.4, 0.5) is 11.4 Å². The van der Waals surface area contributed by atoms with Crippen LogP contribution < -0.4 is 16.4 Å². The van der Waals surface area contributed by atoms with E-state index in [9.17, 15) is 39.9 Å². The number of carbonyl (C=O) groups excluding carboxylic acids is 3. The molecule has 1 fully saturated rings. The quantitative estimate of drug-likeness (QED) is 0.171. The highest BCUT2D eigenvalue weighted by Crippen LogP contribution is 2.60. The minimum atomic E-state index is -2.75. The van der Waals surface area contributed by atoms with Crippen LogP contribution in [0.15, 0.2) is 16.9 Å². The number of hydrogen-bond acceptors (Lipinski definition) is 10. The van der Waals surface area contributed by atoms with E-state index in [1.54, 1.807) is 14.1 Å². The molecule has 11 nitrogen and oxygen atoms in total. The average Bonchev–Trinajstić information content (AvgIpc) is 2.72. The number of benzene rings is 1.